The number of methoxy groups -OCH3 is 1. The van der Waals surface area contributed by atoms with Crippen molar-refractivity contribution < 1.29 is 4.74 Å². The third-order valence-corrected chi connectivity index (χ3v) is 3.82. The van der Waals surface area contributed by atoms with Crippen molar-refractivity contribution in [2.75, 3.05) is 27.8 Å². The fourth-order valence-corrected chi connectivity index (χ4v) is 2.38. The van der Waals surface area contributed by atoms with E-state index >= 15 is 0 Å². The van der Waals surface area contributed by atoms with Gasteiger partial charge in [-0.25, -0.2) is 0 Å². The zero-order valence-electron chi connectivity index (χ0n) is 11.7. The Bertz CT molecular complexity index is 371. The minimum atomic E-state index is 0.416. The van der Waals surface area contributed by atoms with Crippen molar-refractivity contribution >= 4 is 15.9 Å². The van der Waals surface area contributed by atoms with Crippen molar-refractivity contribution in [1.82, 2.24) is 10.2 Å². The molecule has 0 aliphatic carbocycles. The summed E-state index contributed by atoms with van der Waals surface area (Å²) in [5.74, 6) is 0. The smallest absolute Gasteiger partial charge is 0.0615 e. The lowest BCUT2D eigenvalue weighted by atomic mass is 10.1. The van der Waals surface area contributed by atoms with Crippen molar-refractivity contribution in [2.24, 2.45) is 0 Å². The van der Waals surface area contributed by atoms with E-state index in [1.165, 1.54) is 15.6 Å². The first kappa shape index (κ1) is 15.6. The van der Waals surface area contributed by atoms with Crippen LogP contribution in [0, 0.1) is 0 Å². The van der Waals surface area contributed by atoms with E-state index in [1.807, 2.05) is 7.05 Å². The molecule has 18 heavy (non-hydrogen) atoms. The van der Waals surface area contributed by atoms with Gasteiger partial charge in [0, 0.05) is 30.7 Å². The molecule has 0 radical (unpaired) electrons. The molecule has 0 bridgehead atoms. The molecule has 1 atom stereocenters. The average molecular weight is 315 g/mol. The lowest BCUT2D eigenvalue weighted by Gasteiger charge is -2.24. The van der Waals surface area contributed by atoms with E-state index in [9.17, 15) is 0 Å². The van der Waals surface area contributed by atoms with Gasteiger partial charge in [0.25, 0.3) is 0 Å². The summed E-state index contributed by atoms with van der Waals surface area (Å²) in [6, 6.07) is 6.96. The van der Waals surface area contributed by atoms with Gasteiger partial charge in [0.1, 0.15) is 0 Å². The summed E-state index contributed by atoms with van der Waals surface area (Å²) in [6.45, 7) is 4.75. The Balaban J connectivity index is 2.67. The van der Waals surface area contributed by atoms with E-state index in [0.717, 1.165) is 19.7 Å². The number of halogens is 1. The second kappa shape index (κ2) is 7.89. The molecule has 0 aliphatic rings. The number of likely N-dealkylation sites (N-methyl/N-ethyl adjacent to an activating group) is 1. The van der Waals surface area contributed by atoms with Gasteiger partial charge in [-0.1, -0.05) is 28.1 Å². The number of hydrogen-bond donors (Lipinski definition) is 1. The van der Waals surface area contributed by atoms with E-state index in [0.29, 0.717) is 6.04 Å². The number of benzene rings is 1. The molecular formula is C14H23BrN2O. The van der Waals surface area contributed by atoms with E-state index < -0.39 is 0 Å². The zero-order valence-corrected chi connectivity index (χ0v) is 13.3. The first-order chi connectivity index (χ1) is 8.58. The predicted molar refractivity (Wildman–Crippen MR) is 79.7 cm³/mol. The zero-order chi connectivity index (χ0) is 13.5. The summed E-state index contributed by atoms with van der Waals surface area (Å²) in [5.41, 5.74) is 2.60. The fourth-order valence-electron chi connectivity index (χ4n) is 1.83. The van der Waals surface area contributed by atoms with Crippen LogP contribution in [0.4, 0.5) is 0 Å². The molecule has 0 heterocycles. The van der Waals surface area contributed by atoms with Crippen molar-refractivity contribution in [1.29, 1.82) is 0 Å². The van der Waals surface area contributed by atoms with Crippen molar-refractivity contribution in [3.8, 4) is 0 Å². The maximum absolute atomic E-state index is 5.18. The predicted octanol–water partition coefficient (Wildman–Crippen LogP) is 2.64. The number of hydrogen-bond acceptors (Lipinski definition) is 3. The van der Waals surface area contributed by atoms with Crippen molar-refractivity contribution in [3.63, 3.8) is 0 Å². The molecule has 102 valence electrons. The van der Waals surface area contributed by atoms with Gasteiger partial charge < -0.3 is 10.1 Å². The van der Waals surface area contributed by atoms with Crippen molar-refractivity contribution in [2.45, 2.75) is 26.1 Å². The summed E-state index contributed by atoms with van der Waals surface area (Å²) in [6.07, 6.45) is 0. The maximum Gasteiger partial charge on any atom is 0.0615 e. The van der Waals surface area contributed by atoms with Gasteiger partial charge in [0.2, 0.25) is 0 Å². The fraction of sp³-hybridized carbons (Fsp3) is 0.571. The van der Waals surface area contributed by atoms with E-state index in [1.54, 1.807) is 7.11 Å². The van der Waals surface area contributed by atoms with E-state index in [-0.39, 0.29) is 0 Å². The molecule has 0 amide bonds. The third-order valence-electron chi connectivity index (χ3n) is 3.08. The molecular weight excluding hydrogens is 292 g/mol. The van der Waals surface area contributed by atoms with Crippen LogP contribution in [0.2, 0.25) is 0 Å². The van der Waals surface area contributed by atoms with E-state index in [2.05, 4.69) is 58.3 Å². The van der Waals surface area contributed by atoms with Crippen LogP contribution in [0.3, 0.4) is 0 Å². The highest BCUT2D eigenvalue weighted by Crippen LogP contribution is 2.20. The van der Waals surface area contributed by atoms with E-state index in [4.69, 9.17) is 4.74 Å². The molecule has 0 aromatic heterocycles. The number of ether oxygens (including phenoxy) is 1. The van der Waals surface area contributed by atoms with Gasteiger partial charge in [-0.3, -0.25) is 4.90 Å². The van der Waals surface area contributed by atoms with Crippen LogP contribution in [-0.2, 0) is 17.8 Å². The molecule has 3 nitrogen and oxygen atoms in total. The van der Waals surface area contributed by atoms with Crippen LogP contribution in [0.25, 0.3) is 0 Å². The second-order valence-electron chi connectivity index (χ2n) is 4.68. The Morgan fingerprint density at radius 2 is 2.17 bits per heavy atom. The Labute approximate surface area is 119 Å². The first-order valence-corrected chi connectivity index (χ1v) is 6.98. The Morgan fingerprint density at radius 3 is 2.72 bits per heavy atom. The molecule has 0 aliphatic heterocycles. The molecule has 1 aromatic rings. The van der Waals surface area contributed by atoms with Crippen LogP contribution in [-0.4, -0.2) is 38.8 Å². The van der Waals surface area contributed by atoms with Crippen LogP contribution in [0.1, 0.15) is 18.1 Å². The van der Waals surface area contributed by atoms with Gasteiger partial charge >= 0.3 is 0 Å². The summed E-state index contributed by atoms with van der Waals surface area (Å²) >= 11 is 3.65. The lowest BCUT2D eigenvalue weighted by molar-refractivity contribution is 0.112. The topological polar surface area (TPSA) is 24.5 Å². The van der Waals surface area contributed by atoms with Crippen LogP contribution < -0.4 is 5.32 Å². The SMILES string of the molecule is CNCc1ccc(CN(C)C(C)COC)c(Br)c1. The molecule has 4 heteroatoms. The molecule has 0 fully saturated rings. The molecule has 0 saturated carbocycles. The lowest BCUT2D eigenvalue weighted by Crippen LogP contribution is -2.32. The van der Waals surface area contributed by atoms with Crippen LogP contribution in [0.5, 0.6) is 0 Å². The largest absolute Gasteiger partial charge is 0.383 e. The summed E-state index contributed by atoms with van der Waals surface area (Å²) < 4.78 is 6.35. The number of rotatable bonds is 7. The maximum atomic E-state index is 5.18. The minimum Gasteiger partial charge on any atom is -0.383 e. The molecule has 1 N–H and O–H groups in total. The van der Waals surface area contributed by atoms with Crippen LogP contribution in [0.15, 0.2) is 22.7 Å². The van der Waals surface area contributed by atoms with Gasteiger partial charge in [-0.15, -0.1) is 0 Å². The third kappa shape index (κ3) is 4.69. The Morgan fingerprint density at radius 1 is 1.44 bits per heavy atom. The van der Waals surface area contributed by atoms with Gasteiger partial charge in [-0.2, -0.15) is 0 Å². The van der Waals surface area contributed by atoms with Crippen molar-refractivity contribution in [3.05, 3.63) is 33.8 Å². The monoisotopic (exact) mass is 314 g/mol. The Hall–Kier alpha value is -0.420. The minimum absolute atomic E-state index is 0.416. The Kier molecular flexibility index (Phi) is 6.86. The summed E-state index contributed by atoms with van der Waals surface area (Å²) in [5, 5.41) is 3.16. The second-order valence-corrected chi connectivity index (χ2v) is 5.53. The highest BCUT2D eigenvalue weighted by atomic mass is 79.9. The summed E-state index contributed by atoms with van der Waals surface area (Å²) in [7, 11) is 5.83. The molecule has 1 aromatic carbocycles. The average Bonchev–Trinajstić information content (AvgIpc) is 2.33. The number of nitrogens with zero attached hydrogens (tertiary/aromatic N) is 1. The molecule has 1 rings (SSSR count). The number of nitrogens with one attached hydrogen (secondary N) is 1. The normalized spacial score (nSPS) is 13.0. The molecule has 0 saturated heterocycles. The van der Waals surface area contributed by atoms with Gasteiger partial charge in [-0.05, 0) is 38.2 Å². The molecule has 0 spiro atoms. The van der Waals surface area contributed by atoms with Gasteiger partial charge in [0.15, 0.2) is 0 Å². The quantitative estimate of drug-likeness (QED) is 0.837. The standard InChI is InChI=1S/C14H23BrN2O/c1-11(10-18-4)17(3)9-13-6-5-12(8-16-2)7-14(13)15/h5-7,11,16H,8-10H2,1-4H3. The summed E-state index contributed by atoms with van der Waals surface area (Å²) in [4.78, 5) is 2.29. The van der Waals surface area contributed by atoms with Gasteiger partial charge in [0.05, 0.1) is 6.61 Å². The molecule has 1 unspecified atom stereocenters. The first-order valence-electron chi connectivity index (χ1n) is 6.19. The van der Waals surface area contributed by atoms with Crippen LogP contribution >= 0.6 is 15.9 Å². The highest BCUT2D eigenvalue weighted by Gasteiger charge is 2.11. The highest BCUT2D eigenvalue weighted by molar-refractivity contribution is 9.10.